The van der Waals surface area contributed by atoms with Crippen molar-refractivity contribution in [1.29, 1.82) is 0 Å². The average molecular weight is 235 g/mol. The monoisotopic (exact) mass is 235 g/mol. The number of nitrogen functional groups attached to an aromatic ring is 1. The molecule has 1 aromatic rings. The SMILES string of the molecule is CCNC(=O)CN(CC)c1ccc(N)cc1C. The van der Waals surface area contributed by atoms with Crippen molar-refractivity contribution in [2.75, 3.05) is 30.3 Å². The molecule has 0 aromatic heterocycles. The van der Waals surface area contributed by atoms with Crippen molar-refractivity contribution in [1.82, 2.24) is 5.32 Å². The molecular weight excluding hydrogens is 214 g/mol. The maximum atomic E-state index is 11.6. The Labute approximate surface area is 103 Å². The Morgan fingerprint density at radius 1 is 1.41 bits per heavy atom. The average Bonchev–Trinajstić information content (AvgIpc) is 2.27. The topological polar surface area (TPSA) is 58.4 Å². The largest absolute Gasteiger partial charge is 0.399 e. The smallest absolute Gasteiger partial charge is 0.239 e. The molecule has 1 amide bonds. The van der Waals surface area contributed by atoms with E-state index in [1.54, 1.807) is 0 Å². The van der Waals surface area contributed by atoms with Gasteiger partial charge in [-0.15, -0.1) is 0 Å². The van der Waals surface area contributed by atoms with Crippen molar-refractivity contribution in [2.24, 2.45) is 0 Å². The van der Waals surface area contributed by atoms with Crippen molar-refractivity contribution < 1.29 is 4.79 Å². The molecule has 0 bridgehead atoms. The van der Waals surface area contributed by atoms with Gasteiger partial charge in [0.05, 0.1) is 6.54 Å². The summed E-state index contributed by atoms with van der Waals surface area (Å²) in [6.45, 7) is 7.80. The zero-order valence-electron chi connectivity index (χ0n) is 10.8. The normalized spacial score (nSPS) is 10.1. The van der Waals surface area contributed by atoms with Gasteiger partial charge >= 0.3 is 0 Å². The van der Waals surface area contributed by atoms with Gasteiger partial charge in [-0.1, -0.05) is 0 Å². The second-order valence-corrected chi connectivity index (χ2v) is 4.01. The van der Waals surface area contributed by atoms with Gasteiger partial charge in [-0.3, -0.25) is 4.79 Å². The molecule has 0 aliphatic carbocycles. The van der Waals surface area contributed by atoms with Crippen molar-refractivity contribution in [2.45, 2.75) is 20.8 Å². The lowest BCUT2D eigenvalue weighted by molar-refractivity contribution is -0.119. The zero-order valence-corrected chi connectivity index (χ0v) is 10.8. The molecule has 1 rings (SSSR count). The number of nitrogens with two attached hydrogens (primary N) is 1. The van der Waals surface area contributed by atoms with Gasteiger partial charge in [0.2, 0.25) is 5.91 Å². The Morgan fingerprint density at radius 3 is 2.65 bits per heavy atom. The number of hydrogen-bond donors (Lipinski definition) is 2. The Kier molecular flexibility index (Phi) is 4.82. The van der Waals surface area contributed by atoms with Crippen LogP contribution in [-0.4, -0.2) is 25.5 Å². The van der Waals surface area contributed by atoms with E-state index in [0.29, 0.717) is 13.1 Å². The third-order valence-electron chi connectivity index (χ3n) is 2.65. The molecular formula is C13H21N3O. The van der Waals surface area contributed by atoms with Crippen LogP contribution in [-0.2, 0) is 4.79 Å². The molecule has 17 heavy (non-hydrogen) atoms. The van der Waals surface area contributed by atoms with Gasteiger partial charge in [0, 0.05) is 24.5 Å². The van der Waals surface area contributed by atoms with Gasteiger partial charge in [-0.25, -0.2) is 0 Å². The zero-order chi connectivity index (χ0) is 12.8. The number of benzene rings is 1. The molecule has 0 unspecified atom stereocenters. The molecule has 94 valence electrons. The van der Waals surface area contributed by atoms with Crippen LogP contribution in [0.3, 0.4) is 0 Å². The van der Waals surface area contributed by atoms with Gasteiger partial charge in [0.1, 0.15) is 0 Å². The molecule has 0 spiro atoms. The first-order chi connectivity index (χ1) is 8.08. The van der Waals surface area contributed by atoms with E-state index in [1.807, 2.05) is 43.9 Å². The molecule has 4 heteroatoms. The maximum Gasteiger partial charge on any atom is 0.239 e. The molecule has 4 nitrogen and oxygen atoms in total. The second-order valence-electron chi connectivity index (χ2n) is 4.01. The van der Waals surface area contributed by atoms with Crippen molar-refractivity contribution >= 4 is 17.3 Å². The fraction of sp³-hybridized carbons (Fsp3) is 0.462. The Morgan fingerprint density at radius 2 is 2.12 bits per heavy atom. The quantitative estimate of drug-likeness (QED) is 0.761. The lowest BCUT2D eigenvalue weighted by atomic mass is 10.1. The first-order valence-electron chi connectivity index (χ1n) is 5.96. The molecule has 0 aliphatic rings. The Bertz CT molecular complexity index is 390. The fourth-order valence-electron chi connectivity index (χ4n) is 1.83. The van der Waals surface area contributed by atoms with Gasteiger partial charge in [-0.05, 0) is 44.5 Å². The number of carbonyl (C=O) groups excluding carboxylic acids is 1. The highest BCUT2D eigenvalue weighted by atomic mass is 16.2. The minimum atomic E-state index is 0.0468. The van der Waals surface area contributed by atoms with Crippen LogP contribution in [0.5, 0.6) is 0 Å². The Balaban J connectivity index is 2.82. The lowest BCUT2D eigenvalue weighted by Gasteiger charge is -2.24. The molecule has 3 N–H and O–H groups in total. The van der Waals surface area contributed by atoms with Crippen molar-refractivity contribution in [3.63, 3.8) is 0 Å². The lowest BCUT2D eigenvalue weighted by Crippen LogP contribution is -2.37. The van der Waals surface area contributed by atoms with Crippen LogP contribution in [0.1, 0.15) is 19.4 Å². The first kappa shape index (κ1) is 13.4. The van der Waals surface area contributed by atoms with Gasteiger partial charge in [-0.2, -0.15) is 0 Å². The van der Waals surface area contributed by atoms with Gasteiger partial charge in [0.25, 0.3) is 0 Å². The van der Waals surface area contributed by atoms with Crippen LogP contribution in [0, 0.1) is 6.92 Å². The van der Waals surface area contributed by atoms with E-state index < -0.39 is 0 Å². The summed E-state index contributed by atoms with van der Waals surface area (Å²) in [5.74, 6) is 0.0468. The number of aryl methyl sites for hydroxylation is 1. The minimum Gasteiger partial charge on any atom is -0.399 e. The van der Waals surface area contributed by atoms with Gasteiger partial charge < -0.3 is 16.0 Å². The van der Waals surface area contributed by atoms with Crippen LogP contribution in [0.4, 0.5) is 11.4 Å². The number of anilines is 2. The number of carbonyl (C=O) groups is 1. The molecule has 0 atom stereocenters. The summed E-state index contributed by atoms with van der Waals surface area (Å²) in [5, 5.41) is 2.81. The molecule has 0 saturated heterocycles. The number of hydrogen-bond acceptors (Lipinski definition) is 3. The highest BCUT2D eigenvalue weighted by Gasteiger charge is 2.11. The number of nitrogens with one attached hydrogen (secondary N) is 1. The third-order valence-corrected chi connectivity index (χ3v) is 2.65. The summed E-state index contributed by atoms with van der Waals surface area (Å²) in [5.41, 5.74) is 8.63. The minimum absolute atomic E-state index is 0.0468. The standard InChI is InChI=1S/C13H21N3O/c1-4-15-13(17)9-16(5-2)12-7-6-11(14)8-10(12)3/h6-8H,4-5,9,14H2,1-3H3,(H,15,17). The van der Waals surface area contributed by atoms with E-state index in [9.17, 15) is 4.79 Å². The summed E-state index contributed by atoms with van der Waals surface area (Å²) in [4.78, 5) is 13.6. The number of amides is 1. The molecule has 0 heterocycles. The summed E-state index contributed by atoms with van der Waals surface area (Å²) in [6, 6.07) is 5.76. The van der Waals surface area contributed by atoms with E-state index >= 15 is 0 Å². The van der Waals surface area contributed by atoms with Crippen LogP contribution in [0.25, 0.3) is 0 Å². The molecule has 0 aliphatic heterocycles. The van der Waals surface area contributed by atoms with E-state index in [0.717, 1.165) is 23.5 Å². The molecule has 0 fully saturated rings. The van der Waals surface area contributed by atoms with Crippen LogP contribution in [0.2, 0.25) is 0 Å². The second kappa shape index (κ2) is 6.13. The first-order valence-corrected chi connectivity index (χ1v) is 5.96. The number of nitrogens with zero attached hydrogens (tertiary/aromatic N) is 1. The molecule has 1 aromatic carbocycles. The van der Waals surface area contributed by atoms with E-state index in [4.69, 9.17) is 5.73 Å². The van der Waals surface area contributed by atoms with Crippen molar-refractivity contribution in [3.05, 3.63) is 23.8 Å². The highest BCUT2D eigenvalue weighted by Crippen LogP contribution is 2.21. The molecule has 0 saturated carbocycles. The highest BCUT2D eigenvalue weighted by molar-refractivity contribution is 5.81. The summed E-state index contributed by atoms with van der Waals surface area (Å²) < 4.78 is 0. The van der Waals surface area contributed by atoms with E-state index in [-0.39, 0.29) is 5.91 Å². The number of likely N-dealkylation sites (N-methyl/N-ethyl adjacent to an activating group) is 2. The Hall–Kier alpha value is -1.71. The predicted molar refractivity (Wildman–Crippen MR) is 72.2 cm³/mol. The van der Waals surface area contributed by atoms with Crippen molar-refractivity contribution in [3.8, 4) is 0 Å². The predicted octanol–water partition coefficient (Wildman–Crippen LogP) is 1.54. The number of rotatable bonds is 5. The van der Waals surface area contributed by atoms with Gasteiger partial charge in [0.15, 0.2) is 0 Å². The van der Waals surface area contributed by atoms with E-state index in [1.165, 1.54) is 0 Å². The fourth-order valence-corrected chi connectivity index (χ4v) is 1.83. The van der Waals surface area contributed by atoms with Crippen LogP contribution in [0.15, 0.2) is 18.2 Å². The van der Waals surface area contributed by atoms with E-state index in [2.05, 4.69) is 5.32 Å². The summed E-state index contributed by atoms with van der Waals surface area (Å²) in [7, 11) is 0. The summed E-state index contributed by atoms with van der Waals surface area (Å²) >= 11 is 0. The third kappa shape index (κ3) is 3.66. The maximum absolute atomic E-state index is 11.6. The summed E-state index contributed by atoms with van der Waals surface area (Å²) in [6.07, 6.45) is 0. The van der Waals surface area contributed by atoms with Crippen LogP contribution < -0.4 is 16.0 Å². The molecule has 0 radical (unpaired) electrons. The van der Waals surface area contributed by atoms with Crippen LogP contribution >= 0.6 is 0 Å².